The lowest BCUT2D eigenvalue weighted by Gasteiger charge is -2.15. The fourth-order valence-corrected chi connectivity index (χ4v) is 1.37. The molecule has 98 valence electrons. The fraction of sp³-hybridized carbons (Fsp3) is 0.667. The van der Waals surface area contributed by atoms with Gasteiger partial charge in [-0.05, 0) is 19.8 Å². The van der Waals surface area contributed by atoms with E-state index in [1.807, 2.05) is 39.0 Å². The summed E-state index contributed by atoms with van der Waals surface area (Å²) in [5.74, 6) is 0.406. The number of allylic oxidation sites excluding steroid dienone is 3. The summed E-state index contributed by atoms with van der Waals surface area (Å²) in [6.07, 6.45) is 10.5. The summed E-state index contributed by atoms with van der Waals surface area (Å²) in [7, 11) is 0. The number of Topliss-reactive ketones (excluding diaryl/α,β-unsaturated/α-hetero) is 1. The third kappa shape index (κ3) is 8.87. The van der Waals surface area contributed by atoms with Gasteiger partial charge in [-0.25, -0.2) is 0 Å². The third-order valence-electron chi connectivity index (χ3n) is 2.61. The molecule has 0 radical (unpaired) electrons. The largest absolute Gasteiger partial charge is 0.377 e. The molecule has 0 aliphatic carbocycles. The Morgan fingerprint density at radius 1 is 1.29 bits per heavy atom. The van der Waals surface area contributed by atoms with E-state index in [1.54, 1.807) is 0 Å². The van der Waals surface area contributed by atoms with E-state index in [9.17, 15) is 4.79 Å². The highest BCUT2D eigenvalue weighted by Crippen LogP contribution is 2.09. The van der Waals surface area contributed by atoms with Gasteiger partial charge in [-0.1, -0.05) is 45.1 Å². The Kier molecular flexibility index (Phi) is 9.74. The van der Waals surface area contributed by atoms with Crippen LogP contribution < -0.4 is 0 Å². The monoisotopic (exact) mass is 238 g/mol. The van der Waals surface area contributed by atoms with Crippen molar-refractivity contribution >= 4 is 5.78 Å². The molecule has 0 saturated heterocycles. The summed E-state index contributed by atoms with van der Waals surface area (Å²) < 4.78 is 5.70. The van der Waals surface area contributed by atoms with Crippen molar-refractivity contribution in [2.75, 3.05) is 6.61 Å². The molecule has 1 unspecified atom stereocenters. The summed E-state index contributed by atoms with van der Waals surface area (Å²) >= 11 is 0. The van der Waals surface area contributed by atoms with Gasteiger partial charge in [0.2, 0.25) is 0 Å². The molecule has 1 atom stereocenters. The Hall–Kier alpha value is -0.890. The molecule has 17 heavy (non-hydrogen) atoms. The first kappa shape index (κ1) is 16.1. The van der Waals surface area contributed by atoms with Crippen LogP contribution in [0.15, 0.2) is 24.3 Å². The maximum absolute atomic E-state index is 11.6. The third-order valence-corrected chi connectivity index (χ3v) is 2.61. The molecule has 0 amide bonds. The van der Waals surface area contributed by atoms with Gasteiger partial charge in [-0.3, -0.25) is 4.79 Å². The number of carbonyl (C=O) groups excluding carboxylic acids is 1. The Morgan fingerprint density at radius 2 is 2.00 bits per heavy atom. The summed E-state index contributed by atoms with van der Waals surface area (Å²) in [6.45, 7) is 8.63. The zero-order valence-electron chi connectivity index (χ0n) is 11.6. The first-order valence-corrected chi connectivity index (χ1v) is 6.53. The van der Waals surface area contributed by atoms with Gasteiger partial charge in [0, 0.05) is 12.3 Å². The Morgan fingerprint density at radius 3 is 2.53 bits per heavy atom. The van der Waals surface area contributed by atoms with Gasteiger partial charge in [-0.2, -0.15) is 0 Å². The molecule has 0 bridgehead atoms. The second-order valence-corrected chi connectivity index (χ2v) is 4.47. The van der Waals surface area contributed by atoms with E-state index in [1.165, 1.54) is 0 Å². The molecular weight excluding hydrogens is 212 g/mol. The Bertz CT molecular complexity index is 252. The predicted molar refractivity (Wildman–Crippen MR) is 73.1 cm³/mol. The van der Waals surface area contributed by atoms with Crippen LogP contribution in [-0.2, 0) is 9.53 Å². The van der Waals surface area contributed by atoms with Gasteiger partial charge >= 0.3 is 0 Å². The van der Waals surface area contributed by atoms with Gasteiger partial charge in [-0.15, -0.1) is 0 Å². The van der Waals surface area contributed by atoms with Crippen molar-refractivity contribution in [2.24, 2.45) is 5.92 Å². The van der Waals surface area contributed by atoms with Crippen LogP contribution >= 0.6 is 0 Å². The highest BCUT2D eigenvalue weighted by Gasteiger charge is 2.14. The summed E-state index contributed by atoms with van der Waals surface area (Å²) in [4.78, 5) is 11.6. The molecule has 0 aliphatic rings. The van der Waals surface area contributed by atoms with Crippen LogP contribution in [0.3, 0.4) is 0 Å². The first-order valence-electron chi connectivity index (χ1n) is 6.53. The normalized spacial score (nSPS) is 13.9. The van der Waals surface area contributed by atoms with Crippen molar-refractivity contribution in [2.45, 2.75) is 53.1 Å². The van der Waals surface area contributed by atoms with Crippen molar-refractivity contribution in [1.29, 1.82) is 0 Å². The number of ketones is 1. The lowest BCUT2D eigenvalue weighted by atomic mass is 10.0. The van der Waals surface area contributed by atoms with Crippen molar-refractivity contribution in [3.05, 3.63) is 24.3 Å². The minimum Gasteiger partial charge on any atom is -0.377 e. The van der Waals surface area contributed by atoms with Crippen molar-refractivity contribution < 1.29 is 9.53 Å². The van der Waals surface area contributed by atoms with E-state index >= 15 is 0 Å². The highest BCUT2D eigenvalue weighted by atomic mass is 16.5. The predicted octanol–water partition coefficient (Wildman–Crippen LogP) is 3.92. The molecule has 0 N–H and O–H groups in total. The van der Waals surface area contributed by atoms with Gasteiger partial charge in [0.25, 0.3) is 0 Å². The molecular formula is C15H26O2. The van der Waals surface area contributed by atoms with E-state index in [-0.39, 0.29) is 12.0 Å². The SMILES string of the molecule is CC=CC=CCCOC(CC)CC(=O)C(C)C. The van der Waals surface area contributed by atoms with Crippen molar-refractivity contribution in [3.8, 4) is 0 Å². The average molecular weight is 238 g/mol. The molecule has 0 aromatic heterocycles. The molecule has 0 fully saturated rings. The lowest BCUT2D eigenvalue weighted by Crippen LogP contribution is -2.20. The van der Waals surface area contributed by atoms with E-state index in [0.717, 1.165) is 12.8 Å². The van der Waals surface area contributed by atoms with Gasteiger partial charge in [0.15, 0.2) is 0 Å². The summed E-state index contributed by atoms with van der Waals surface area (Å²) in [6, 6.07) is 0. The lowest BCUT2D eigenvalue weighted by molar-refractivity contribution is -0.124. The standard InChI is InChI=1S/C15H26O2/c1-5-7-8-9-10-11-17-14(6-2)12-15(16)13(3)4/h5,7-9,13-14H,6,10-12H2,1-4H3. The van der Waals surface area contributed by atoms with E-state index in [0.29, 0.717) is 18.8 Å². The smallest absolute Gasteiger partial charge is 0.138 e. The molecule has 0 aliphatic heterocycles. The molecule has 0 heterocycles. The Balaban J connectivity index is 3.79. The maximum atomic E-state index is 11.6. The molecule has 0 saturated carbocycles. The van der Waals surface area contributed by atoms with Crippen LogP contribution in [0.5, 0.6) is 0 Å². The van der Waals surface area contributed by atoms with Crippen LogP contribution in [0.25, 0.3) is 0 Å². The Labute approximate surface area is 106 Å². The van der Waals surface area contributed by atoms with Crippen molar-refractivity contribution in [1.82, 2.24) is 0 Å². The van der Waals surface area contributed by atoms with Crippen molar-refractivity contribution in [3.63, 3.8) is 0 Å². The zero-order chi connectivity index (χ0) is 13.1. The average Bonchev–Trinajstić information content (AvgIpc) is 2.31. The van der Waals surface area contributed by atoms with Crippen LogP contribution in [-0.4, -0.2) is 18.5 Å². The fourth-order valence-electron chi connectivity index (χ4n) is 1.37. The van der Waals surface area contributed by atoms with E-state index in [2.05, 4.69) is 13.0 Å². The number of hydrogen-bond acceptors (Lipinski definition) is 2. The maximum Gasteiger partial charge on any atom is 0.138 e. The minimum absolute atomic E-state index is 0.0833. The van der Waals surface area contributed by atoms with Crippen LogP contribution in [0, 0.1) is 5.92 Å². The number of carbonyl (C=O) groups is 1. The van der Waals surface area contributed by atoms with Gasteiger partial charge < -0.3 is 4.74 Å². The molecule has 0 rings (SSSR count). The van der Waals surface area contributed by atoms with Crippen LogP contribution in [0.4, 0.5) is 0 Å². The summed E-state index contributed by atoms with van der Waals surface area (Å²) in [5, 5.41) is 0. The quantitative estimate of drug-likeness (QED) is 0.449. The molecule has 0 aromatic carbocycles. The second-order valence-electron chi connectivity index (χ2n) is 4.47. The van der Waals surface area contributed by atoms with Crippen LogP contribution in [0.2, 0.25) is 0 Å². The topological polar surface area (TPSA) is 26.3 Å². The number of rotatable bonds is 9. The molecule has 0 spiro atoms. The molecule has 2 heteroatoms. The number of ether oxygens (including phenoxy) is 1. The van der Waals surface area contributed by atoms with E-state index in [4.69, 9.17) is 4.74 Å². The number of hydrogen-bond donors (Lipinski definition) is 0. The minimum atomic E-state index is 0.0833. The summed E-state index contributed by atoms with van der Waals surface area (Å²) in [5.41, 5.74) is 0. The second kappa shape index (κ2) is 10.3. The van der Waals surface area contributed by atoms with Gasteiger partial charge in [0.05, 0.1) is 12.7 Å². The van der Waals surface area contributed by atoms with Crippen LogP contribution in [0.1, 0.15) is 47.0 Å². The zero-order valence-corrected chi connectivity index (χ0v) is 11.6. The highest BCUT2D eigenvalue weighted by molar-refractivity contribution is 5.80. The molecule has 2 nitrogen and oxygen atoms in total. The first-order chi connectivity index (χ1) is 8.11. The van der Waals surface area contributed by atoms with E-state index < -0.39 is 0 Å². The molecule has 0 aromatic rings. The van der Waals surface area contributed by atoms with Gasteiger partial charge in [0.1, 0.15) is 5.78 Å².